The van der Waals surface area contributed by atoms with Crippen LogP contribution in [0.1, 0.15) is 45.6 Å². The van der Waals surface area contributed by atoms with Crippen LogP contribution in [0.2, 0.25) is 5.15 Å². The van der Waals surface area contributed by atoms with Crippen molar-refractivity contribution < 1.29 is 9.53 Å². The van der Waals surface area contributed by atoms with Gasteiger partial charge in [0.25, 0.3) is 0 Å². The lowest BCUT2D eigenvalue weighted by atomic mass is 10.0. The molecule has 0 aliphatic carbocycles. The van der Waals surface area contributed by atoms with Crippen molar-refractivity contribution in [3.8, 4) is 0 Å². The average Bonchev–Trinajstić information content (AvgIpc) is 2.47. The number of nitrogens with one attached hydrogen (secondary N) is 1. The maximum Gasteiger partial charge on any atom is 0.410 e. The molecule has 1 unspecified atom stereocenters. The van der Waals surface area contributed by atoms with Gasteiger partial charge in [0.15, 0.2) is 0 Å². The molecule has 1 atom stereocenters. The highest BCUT2D eigenvalue weighted by Crippen LogP contribution is 2.22. The van der Waals surface area contributed by atoms with Gasteiger partial charge in [-0.05, 0) is 58.6 Å². The van der Waals surface area contributed by atoms with Crippen LogP contribution in [0.3, 0.4) is 0 Å². The van der Waals surface area contributed by atoms with E-state index in [0.717, 1.165) is 37.1 Å². The number of aryl methyl sites for hydroxylation is 1. The Morgan fingerprint density at radius 3 is 2.87 bits per heavy atom. The summed E-state index contributed by atoms with van der Waals surface area (Å²) in [6, 6.07) is 2.10. The Bertz CT molecular complexity index is 557. The number of carbonyl (C=O) groups excluding carboxylic acids is 1. The number of nitrogens with zero attached hydrogens (tertiary/aromatic N) is 2. The zero-order chi connectivity index (χ0) is 17.0. The summed E-state index contributed by atoms with van der Waals surface area (Å²) < 4.78 is 5.52. The van der Waals surface area contributed by atoms with Crippen LogP contribution in [0, 0.1) is 6.92 Å². The maximum atomic E-state index is 12.4. The predicted molar refractivity (Wildman–Crippen MR) is 93.1 cm³/mol. The molecule has 1 fully saturated rings. The van der Waals surface area contributed by atoms with Gasteiger partial charge in [-0.2, -0.15) is 0 Å². The molecule has 1 aromatic rings. The van der Waals surface area contributed by atoms with Crippen molar-refractivity contribution in [1.29, 1.82) is 0 Å². The Labute approximate surface area is 143 Å². The molecular formula is C17H26ClN3O2. The van der Waals surface area contributed by atoms with Gasteiger partial charge in [0.1, 0.15) is 10.8 Å². The van der Waals surface area contributed by atoms with Gasteiger partial charge in [-0.1, -0.05) is 11.6 Å². The Morgan fingerprint density at radius 1 is 1.48 bits per heavy atom. The van der Waals surface area contributed by atoms with E-state index in [1.165, 1.54) is 0 Å². The molecule has 128 valence electrons. The molecule has 0 spiro atoms. The SMILES string of the molecule is Cc1cc(NCC2CCCCN2C(=O)OC(C)(C)C)cnc1Cl. The van der Waals surface area contributed by atoms with Gasteiger partial charge < -0.3 is 15.0 Å². The zero-order valence-corrected chi connectivity index (χ0v) is 15.1. The number of pyridine rings is 1. The largest absolute Gasteiger partial charge is 0.444 e. The smallest absolute Gasteiger partial charge is 0.410 e. The second-order valence-electron chi connectivity index (χ2n) is 7.04. The Balaban J connectivity index is 1.98. The number of hydrogen-bond donors (Lipinski definition) is 1. The summed E-state index contributed by atoms with van der Waals surface area (Å²) >= 11 is 5.95. The summed E-state index contributed by atoms with van der Waals surface area (Å²) in [6.07, 6.45) is 4.62. The predicted octanol–water partition coefficient (Wildman–Crippen LogP) is 4.24. The number of aromatic nitrogens is 1. The molecule has 2 rings (SSSR count). The number of rotatable bonds is 3. The van der Waals surface area contributed by atoms with Crippen LogP contribution >= 0.6 is 11.6 Å². The minimum absolute atomic E-state index is 0.134. The Kier molecular flexibility index (Phi) is 5.74. The fourth-order valence-corrected chi connectivity index (χ4v) is 2.77. The molecule has 1 N–H and O–H groups in total. The Hall–Kier alpha value is -1.49. The number of carbonyl (C=O) groups is 1. The highest BCUT2D eigenvalue weighted by atomic mass is 35.5. The average molecular weight is 340 g/mol. The zero-order valence-electron chi connectivity index (χ0n) is 14.4. The van der Waals surface area contributed by atoms with Crippen molar-refractivity contribution >= 4 is 23.4 Å². The van der Waals surface area contributed by atoms with Gasteiger partial charge in [-0.3, -0.25) is 0 Å². The van der Waals surface area contributed by atoms with Gasteiger partial charge in [0, 0.05) is 13.1 Å². The molecule has 0 radical (unpaired) electrons. The topological polar surface area (TPSA) is 54.5 Å². The quantitative estimate of drug-likeness (QED) is 0.837. The highest BCUT2D eigenvalue weighted by Gasteiger charge is 2.30. The van der Waals surface area contributed by atoms with Crippen LogP contribution < -0.4 is 5.32 Å². The van der Waals surface area contributed by atoms with Crippen molar-refractivity contribution in [2.24, 2.45) is 0 Å². The van der Waals surface area contributed by atoms with E-state index in [1.54, 1.807) is 6.20 Å². The first-order valence-electron chi connectivity index (χ1n) is 8.12. The minimum atomic E-state index is -0.469. The minimum Gasteiger partial charge on any atom is -0.444 e. The van der Waals surface area contributed by atoms with E-state index in [-0.39, 0.29) is 12.1 Å². The molecule has 0 aromatic carbocycles. The van der Waals surface area contributed by atoms with Crippen LogP contribution in [0.5, 0.6) is 0 Å². The van der Waals surface area contributed by atoms with E-state index < -0.39 is 5.60 Å². The van der Waals surface area contributed by atoms with E-state index in [2.05, 4.69) is 10.3 Å². The fourth-order valence-electron chi connectivity index (χ4n) is 2.66. The van der Waals surface area contributed by atoms with E-state index in [9.17, 15) is 4.79 Å². The maximum absolute atomic E-state index is 12.4. The lowest BCUT2D eigenvalue weighted by Gasteiger charge is -2.37. The summed E-state index contributed by atoms with van der Waals surface area (Å²) in [6.45, 7) is 9.04. The standard InChI is InChI=1S/C17H26ClN3O2/c1-12-9-13(10-20-15(12)18)19-11-14-7-5-6-8-21(14)16(22)23-17(2,3)4/h9-10,14,19H,5-8,11H2,1-4H3. The molecule has 6 heteroatoms. The monoisotopic (exact) mass is 339 g/mol. The lowest BCUT2D eigenvalue weighted by Crippen LogP contribution is -2.48. The third kappa shape index (κ3) is 5.27. The van der Waals surface area contributed by atoms with Crippen LogP contribution in [-0.2, 0) is 4.74 Å². The number of ether oxygens (including phenoxy) is 1. The molecule has 5 nitrogen and oxygen atoms in total. The third-order valence-electron chi connectivity index (χ3n) is 3.81. The number of hydrogen-bond acceptors (Lipinski definition) is 4. The molecule has 1 amide bonds. The van der Waals surface area contributed by atoms with E-state index in [1.807, 2.05) is 38.7 Å². The summed E-state index contributed by atoms with van der Waals surface area (Å²) in [4.78, 5) is 18.4. The van der Waals surface area contributed by atoms with Crippen molar-refractivity contribution in [3.63, 3.8) is 0 Å². The number of anilines is 1. The molecule has 23 heavy (non-hydrogen) atoms. The van der Waals surface area contributed by atoms with Crippen LogP contribution in [0.25, 0.3) is 0 Å². The molecule has 1 aliphatic rings. The number of likely N-dealkylation sites (tertiary alicyclic amines) is 1. The first-order chi connectivity index (χ1) is 10.8. The van der Waals surface area contributed by atoms with Crippen LogP contribution in [0.15, 0.2) is 12.3 Å². The van der Waals surface area contributed by atoms with Gasteiger partial charge >= 0.3 is 6.09 Å². The molecule has 1 aliphatic heterocycles. The molecular weight excluding hydrogens is 314 g/mol. The van der Waals surface area contributed by atoms with Crippen molar-refractivity contribution in [1.82, 2.24) is 9.88 Å². The van der Waals surface area contributed by atoms with Gasteiger partial charge in [-0.15, -0.1) is 0 Å². The lowest BCUT2D eigenvalue weighted by molar-refractivity contribution is 0.0114. The number of piperidine rings is 1. The molecule has 1 saturated heterocycles. The second-order valence-corrected chi connectivity index (χ2v) is 7.39. The molecule has 2 heterocycles. The molecule has 1 aromatic heterocycles. The van der Waals surface area contributed by atoms with E-state index in [0.29, 0.717) is 11.7 Å². The summed E-state index contributed by atoms with van der Waals surface area (Å²) in [5, 5.41) is 3.88. The number of halogens is 1. The normalized spacial score (nSPS) is 18.7. The molecule has 0 saturated carbocycles. The van der Waals surface area contributed by atoms with Crippen molar-refractivity contribution in [2.45, 2.75) is 58.6 Å². The summed E-state index contributed by atoms with van der Waals surface area (Å²) in [5.74, 6) is 0. The highest BCUT2D eigenvalue weighted by molar-refractivity contribution is 6.30. The second kappa shape index (κ2) is 7.39. The number of amides is 1. The van der Waals surface area contributed by atoms with Crippen molar-refractivity contribution in [3.05, 3.63) is 23.0 Å². The summed E-state index contributed by atoms with van der Waals surface area (Å²) in [5.41, 5.74) is 1.38. The molecule has 0 bridgehead atoms. The van der Waals surface area contributed by atoms with Crippen LogP contribution in [0.4, 0.5) is 10.5 Å². The van der Waals surface area contributed by atoms with Gasteiger partial charge in [-0.25, -0.2) is 9.78 Å². The van der Waals surface area contributed by atoms with E-state index >= 15 is 0 Å². The first-order valence-corrected chi connectivity index (χ1v) is 8.50. The third-order valence-corrected chi connectivity index (χ3v) is 4.21. The van der Waals surface area contributed by atoms with Crippen LogP contribution in [-0.4, -0.2) is 40.7 Å². The Morgan fingerprint density at radius 2 is 2.22 bits per heavy atom. The summed E-state index contributed by atoms with van der Waals surface area (Å²) in [7, 11) is 0. The van der Waals surface area contributed by atoms with Gasteiger partial charge in [0.2, 0.25) is 0 Å². The van der Waals surface area contributed by atoms with Crippen molar-refractivity contribution in [2.75, 3.05) is 18.4 Å². The first kappa shape index (κ1) is 17.9. The van der Waals surface area contributed by atoms with E-state index in [4.69, 9.17) is 16.3 Å². The fraction of sp³-hybridized carbons (Fsp3) is 0.647. The van der Waals surface area contributed by atoms with Gasteiger partial charge in [0.05, 0.1) is 17.9 Å².